The molecule has 0 unspecified atom stereocenters. The Kier molecular flexibility index (Phi) is 6.10. The zero-order valence-electron chi connectivity index (χ0n) is 11.7. The number of thiocarbonyl (C=S) groups is 1. The molecule has 0 fully saturated rings. The number of halogens is 2. The molecule has 0 spiro atoms. The van der Waals surface area contributed by atoms with E-state index in [2.05, 4.69) is 38.2 Å². The van der Waals surface area contributed by atoms with Crippen LogP contribution in [0, 0.1) is 10.5 Å². The van der Waals surface area contributed by atoms with Crippen LogP contribution in [0.25, 0.3) is 0 Å². The van der Waals surface area contributed by atoms with E-state index >= 15 is 0 Å². The first-order valence-electron chi connectivity index (χ1n) is 6.42. The van der Waals surface area contributed by atoms with Crippen molar-refractivity contribution in [2.75, 3.05) is 5.32 Å². The van der Waals surface area contributed by atoms with Crippen LogP contribution in [0.3, 0.4) is 0 Å². The predicted octanol–water partition coefficient (Wildman–Crippen LogP) is 3.70. The molecule has 0 atom stereocenters. The molecule has 2 rings (SSSR count). The zero-order valence-corrected chi connectivity index (χ0v) is 15.4. The van der Waals surface area contributed by atoms with Crippen molar-refractivity contribution in [3.63, 3.8) is 0 Å². The first-order valence-corrected chi connectivity index (χ1v) is 8.29. The second-order valence-electron chi connectivity index (χ2n) is 4.57. The molecule has 0 saturated heterocycles. The Labute approximate surface area is 152 Å². The highest BCUT2D eigenvalue weighted by Crippen LogP contribution is 2.12. The van der Waals surface area contributed by atoms with Crippen molar-refractivity contribution < 1.29 is 4.79 Å². The molecule has 2 aromatic rings. The molecule has 22 heavy (non-hydrogen) atoms. The maximum absolute atomic E-state index is 11.9. The lowest BCUT2D eigenvalue weighted by Gasteiger charge is -2.10. The normalized spacial score (nSPS) is 10.1. The molecule has 114 valence electrons. The standard InChI is InChI=1S/C15H13ClIN3OS/c1-9-12(17)6-7-13(18-9)19-15(22)20-14(21)8-10-2-4-11(16)5-3-10/h2-7H,8H2,1H3,(H2,18,19,20,21,22). The summed E-state index contributed by atoms with van der Waals surface area (Å²) < 4.78 is 1.07. The van der Waals surface area contributed by atoms with Crippen LogP contribution in [0.5, 0.6) is 0 Å². The van der Waals surface area contributed by atoms with E-state index in [4.69, 9.17) is 23.8 Å². The van der Waals surface area contributed by atoms with Gasteiger partial charge in [-0.25, -0.2) is 4.98 Å². The summed E-state index contributed by atoms with van der Waals surface area (Å²) in [6.45, 7) is 1.91. The highest BCUT2D eigenvalue weighted by atomic mass is 127. The second kappa shape index (κ2) is 7.85. The molecule has 0 aliphatic heterocycles. The van der Waals surface area contributed by atoms with Crippen molar-refractivity contribution in [1.29, 1.82) is 0 Å². The van der Waals surface area contributed by atoms with Crippen LogP contribution in [-0.4, -0.2) is 16.0 Å². The quantitative estimate of drug-likeness (QED) is 0.559. The SMILES string of the molecule is Cc1nc(NC(=S)NC(=O)Cc2ccc(Cl)cc2)ccc1I. The minimum Gasteiger partial charge on any atom is -0.317 e. The van der Waals surface area contributed by atoms with Crippen LogP contribution >= 0.6 is 46.4 Å². The summed E-state index contributed by atoms with van der Waals surface area (Å²) in [5, 5.41) is 6.40. The van der Waals surface area contributed by atoms with Gasteiger partial charge in [-0.2, -0.15) is 0 Å². The molecule has 0 aliphatic carbocycles. The van der Waals surface area contributed by atoms with Gasteiger partial charge in [-0.15, -0.1) is 0 Å². The van der Waals surface area contributed by atoms with Gasteiger partial charge in [-0.05, 0) is 71.6 Å². The van der Waals surface area contributed by atoms with E-state index in [-0.39, 0.29) is 17.4 Å². The van der Waals surface area contributed by atoms with Crippen LogP contribution in [0.15, 0.2) is 36.4 Å². The predicted molar refractivity (Wildman–Crippen MR) is 101 cm³/mol. The van der Waals surface area contributed by atoms with Crippen molar-refractivity contribution in [3.8, 4) is 0 Å². The number of carbonyl (C=O) groups excluding carboxylic acids is 1. The fourth-order valence-electron chi connectivity index (χ4n) is 1.72. The third-order valence-electron chi connectivity index (χ3n) is 2.79. The molecule has 1 aromatic heterocycles. The molecule has 7 heteroatoms. The average Bonchev–Trinajstić information content (AvgIpc) is 2.45. The minimum absolute atomic E-state index is 0.193. The first-order chi connectivity index (χ1) is 10.4. The molecular weight excluding hydrogens is 433 g/mol. The van der Waals surface area contributed by atoms with Crippen LogP contribution in [-0.2, 0) is 11.2 Å². The van der Waals surface area contributed by atoms with Crippen molar-refractivity contribution >= 4 is 63.2 Å². The molecule has 1 amide bonds. The van der Waals surface area contributed by atoms with Crippen molar-refractivity contribution in [1.82, 2.24) is 10.3 Å². The van der Waals surface area contributed by atoms with Crippen LogP contribution in [0.2, 0.25) is 5.02 Å². The third-order valence-corrected chi connectivity index (χ3v) is 4.39. The number of rotatable bonds is 3. The Morgan fingerprint density at radius 3 is 2.59 bits per heavy atom. The highest BCUT2D eigenvalue weighted by Gasteiger charge is 2.07. The van der Waals surface area contributed by atoms with Gasteiger partial charge in [0.25, 0.3) is 0 Å². The molecule has 2 N–H and O–H groups in total. The summed E-state index contributed by atoms with van der Waals surface area (Å²) in [5.41, 5.74) is 1.77. The Hall–Kier alpha value is -1.25. The second-order valence-corrected chi connectivity index (χ2v) is 6.58. The monoisotopic (exact) mass is 445 g/mol. The lowest BCUT2D eigenvalue weighted by Crippen LogP contribution is -2.35. The van der Waals surface area contributed by atoms with E-state index in [1.54, 1.807) is 12.1 Å². The van der Waals surface area contributed by atoms with E-state index in [0.717, 1.165) is 14.8 Å². The van der Waals surface area contributed by atoms with Crippen molar-refractivity contribution in [3.05, 3.63) is 56.2 Å². The lowest BCUT2D eigenvalue weighted by atomic mass is 10.1. The van der Waals surface area contributed by atoms with E-state index in [1.165, 1.54) is 0 Å². The van der Waals surface area contributed by atoms with Gasteiger partial charge in [0, 0.05) is 8.59 Å². The number of hydrogen-bond acceptors (Lipinski definition) is 3. The number of pyridine rings is 1. The van der Waals surface area contributed by atoms with Crippen LogP contribution < -0.4 is 10.6 Å². The lowest BCUT2D eigenvalue weighted by molar-refractivity contribution is -0.119. The molecule has 1 heterocycles. The number of carbonyl (C=O) groups is 1. The van der Waals surface area contributed by atoms with Gasteiger partial charge in [0.2, 0.25) is 5.91 Å². The summed E-state index contributed by atoms with van der Waals surface area (Å²) >= 11 is 13.1. The number of hydrogen-bond donors (Lipinski definition) is 2. The zero-order chi connectivity index (χ0) is 16.1. The van der Waals surface area contributed by atoms with Gasteiger partial charge in [0.15, 0.2) is 5.11 Å². The van der Waals surface area contributed by atoms with Gasteiger partial charge in [0.05, 0.1) is 12.1 Å². The molecule has 0 aliphatic rings. The fourth-order valence-corrected chi connectivity index (χ4v) is 2.36. The Bertz CT molecular complexity index is 706. The summed E-state index contributed by atoms with van der Waals surface area (Å²) in [5.74, 6) is 0.414. The molecule has 0 radical (unpaired) electrons. The van der Waals surface area contributed by atoms with Gasteiger partial charge in [-0.1, -0.05) is 23.7 Å². The van der Waals surface area contributed by atoms with Crippen molar-refractivity contribution in [2.45, 2.75) is 13.3 Å². The first kappa shape index (κ1) is 17.1. The average molecular weight is 446 g/mol. The summed E-state index contributed by atoms with van der Waals surface area (Å²) in [6.07, 6.45) is 0.234. The van der Waals surface area contributed by atoms with Crippen molar-refractivity contribution in [2.24, 2.45) is 0 Å². The summed E-state index contributed by atoms with van der Waals surface area (Å²) in [4.78, 5) is 16.3. The Balaban J connectivity index is 1.89. The number of nitrogens with zero attached hydrogens (tertiary/aromatic N) is 1. The minimum atomic E-state index is -0.193. The van der Waals surface area contributed by atoms with Gasteiger partial charge in [0.1, 0.15) is 5.82 Å². The molecule has 0 bridgehead atoms. The van der Waals surface area contributed by atoms with Gasteiger partial charge >= 0.3 is 0 Å². The summed E-state index contributed by atoms with van der Waals surface area (Å²) in [7, 11) is 0. The molecule has 0 saturated carbocycles. The maximum atomic E-state index is 11.9. The number of aryl methyl sites for hydroxylation is 1. The topological polar surface area (TPSA) is 54.0 Å². The smallest absolute Gasteiger partial charge is 0.230 e. The Morgan fingerprint density at radius 2 is 1.95 bits per heavy atom. The van der Waals surface area contributed by atoms with E-state index < -0.39 is 0 Å². The molecule has 1 aromatic carbocycles. The Morgan fingerprint density at radius 1 is 1.27 bits per heavy atom. The van der Waals surface area contributed by atoms with Gasteiger partial charge < -0.3 is 10.6 Å². The third kappa shape index (κ3) is 5.19. The molecule has 4 nitrogen and oxygen atoms in total. The van der Waals surface area contributed by atoms with E-state index in [0.29, 0.717) is 10.8 Å². The number of aromatic nitrogens is 1. The number of benzene rings is 1. The number of anilines is 1. The summed E-state index contributed by atoms with van der Waals surface area (Å²) in [6, 6.07) is 10.9. The van der Waals surface area contributed by atoms with E-state index in [1.807, 2.05) is 31.2 Å². The highest BCUT2D eigenvalue weighted by molar-refractivity contribution is 14.1. The van der Waals surface area contributed by atoms with Gasteiger partial charge in [-0.3, -0.25) is 4.79 Å². The largest absolute Gasteiger partial charge is 0.317 e. The number of amides is 1. The van der Waals surface area contributed by atoms with Crippen LogP contribution in [0.1, 0.15) is 11.3 Å². The number of nitrogens with one attached hydrogen (secondary N) is 2. The van der Waals surface area contributed by atoms with Crippen LogP contribution in [0.4, 0.5) is 5.82 Å². The maximum Gasteiger partial charge on any atom is 0.230 e. The molecular formula is C15H13ClIN3OS. The fraction of sp³-hybridized carbons (Fsp3) is 0.133. The van der Waals surface area contributed by atoms with E-state index in [9.17, 15) is 4.79 Å².